The van der Waals surface area contributed by atoms with Crippen molar-refractivity contribution in [3.8, 4) is 0 Å². The molecule has 1 aliphatic rings. The summed E-state index contributed by atoms with van der Waals surface area (Å²) in [5.74, 6) is 0. The Bertz CT molecular complexity index is 735. The van der Waals surface area contributed by atoms with E-state index in [0.717, 1.165) is 12.8 Å². The van der Waals surface area contributed by atoms with Crippen molar-refractivity contribution in [3.05, 3.63) is 88.1 Å². The van der Waals surface area contributed by atoms with E-state index in [0.29, 0.717) is 0 Å². The molecule has 0 saturated carbocycles. The zero-order valence-electron chi connectivity index (χ0n) is 15.7. The molecule has 1 heteroatoms. The van der Waals surface area contributed by atoms with E-state index < -0.39 is 0 Å². The van der Waals surface area contributed by atoms with Gasteiger partial charge in [0, 0.05) is 0 Å². The molecule has 0 radical (unpaired) electrons. The molecule has 0 unspecified atom stereocenters. The van der Waals surface area contributed by atoms with Crippen LogP contribution >= 0.6 is 0 Å². The molecule has 25 heavy (non-hydrogen) atoms. The van der Waals surface area contributed by atoms with Crippen LogP contribution in [-0.4, -0.2) is 9.52 Å². The minimum absolute atomic E-state index is 0.327. The first-order valence-corrected chi connectivity index (χ1v) is 11.2. The molecule has 0 saturated heterocycles. The molecule has 0 fully saturated rings. The predicted octanol–water partition coefficient (Wildman–Crippen LogP) is 5.06. The van der Waals surface area contributed by atoms with E-state index in [4.69, 9.17) is 0 Å². The third-order valence-electron chi connectivity index (χ3n) is 5.26. The van der Waals surface area contributed by atoms with Crippen LogP contribution in [0.3, 0.4) is 0 Å². The molecular weight excluding hydrogens is 316 g/mol. The monoisotopic (exact) mass is 346 g/mol. The summed E-state index contributed by atoms with van der Waals surface area (Å²) in [6.07, 6.45) is 9.76. The van der Waals surface area contributed by atoms with Gasteiger partial charge in [0.1, 0.15) is 0 Å². The fourth-order valence-electron chi connectivity index (χ4n) is 3.82. The summed E-state index contributed by atoms with van der Waals surface area (Å²) in [7, 11) is -0.327. The molecule has 2 aromatic carbocycles. The lowest BCUT2D eigenvalue weighted by Crippen LogP contribution is -2.16. The van der Waals surface area contributed by atoms with Crippen LogP contribution in [0.4, 0.5) is 0 Å². The molecule has 2 aromatic rings. The van der Waals surface area contributed by atoms with Gasteiger partial charge in [-0.1, -0.05) is 96.9 Å². The first-order chi connectivity index (χ1) is 12.3. The molecule has 0 N–H and O–H groups in total. The SMILES string of the molecule is CCCCc1ccc(CC2=C(CC)C([SiH2]c3ccccc3)=CC2)cc1. The molecule has 0 atom stereocenters. The van der Waals surface area contributed by atoms with Gasteiger partial charge in [-0.2, -0.15) is 0 Å². The third-order valence-corrected chi connectivity index (χ3v) is 7.24. The van der Waals surface area contributed by atoms with Gasteiger partial charge >= 0.3 is 0 Å². The number of allylic oxidation sites excluding steroid dienone is 4. The van der Waals surface area contributed by atoms with Crippen molar-refractivity contribution in [2.24, 2.45) is 0 Å². The highest BCUT2D eigenvalue weighted by Crippen LogP contribution is 2.30. The summed E-state index contributed by atoms with van der Waals surface area (Å²) in [6.45, 7) is 4.58. The second-order valence-corrected chi connectivity index (χ2v) is 9.06. The van der Waals surface area contributed by atoms with Gasteiger partial charge in [0.25, 0.3) is 0 Å². The average molecular weight is 347 g/mol. The number of hydrogen-bond acceptors (Lipinski definition) is 0. The van der Waals surface area contributed by atoms with Crippen LogP contribution in [0.15, 0.2) is 77.0 Å². The zero-order chi connectivity index (χ0) is 17.5. The number of aryl methyl sites for hydroxylation is 1. The van der Waals surface area contributed by atoms with Crippen molar-refractivity contribution in [1.29, 1.82) is 0 Å². The standard InChI is InChI=1S/C24H30Si/c1-3-5-9-19-12-14-20(15-13-19)18-21-16-17-24(23(21)4-2)25-22-10-7-6-8-11-22/h6-8,10-15,17H,3-5,9,16,18,25H2,1-2H3. The van der Waals surface area contributed by atoms with E-state index in [2.05, 4.69) is 74.5 Å². The number of benzene rings is 2. The van der Waals surface area contributed by atoms with E-state index in [1.807, 2.05) is 0 Å². The second kappa shape index (κ2) is 9.01. The van der Waals surface area contributed by atoms with Crippen LogP contribution in [0.2, 0.25) is 0 Å². The Morgan fingerprint density at radius 1 is 0.880 bits per heavy atom. The molecule has 3 rings (SSSR count). The van der Waals surface area contributed by atoms with Gasteiger partial charge in [-0.25, -0.2) is 0 Å². The van der Waals surface area contributed by atoms with Crippen molar-refractivity contribution in [2.45, 2.75) is 52.4 Å². The molecule has 1 aliphatic carbocycles. The van der Waals surface area contributed by atoms with Gasteiger partial charge in [-0.15, -0.1) is 0 Å². The summed E-state index contributed by atoms with van der Waals surface area (Å²) in [6, 6.07) is 20.4. The highest BCUT2D eigenvalue weighted by Gasteiger charge is 2.17. The van der Waals surface area contributed by atoms with Gasteiger partial charge in [-0.05, 0) is 48.8 Å². The molecule has 0 heterocycles. The zero-order valence-corrected chi connectivity index (χ0v) is 17.1. The fraction of sp³-hybridized carbons (Fsp3) is 0.333. The minimum atomic E-state index is -0.327. The Kier molecular flexibility index (Phi) is 6.46. The first kappa shape index (κ1) is 17.9. The Balaban J connectivity index is 1.68. The van der Waals surface area contributed by atoms with Gasteiger partial charge in [0.15, 0.2) is 0 Å². The Morgan fingerprint density at radius 3 is 2.28 bits per heavy atom. The third kappa shape index (κ3) is 4.82. The maximum atomic E-state index is 2.52. The number of hydrogen-bond donors (Lipinski definition) is 0. The van der Waals surface area contributed by atoms with Crippen LogP contribution in [0.25, 0.3) is 0 Å². The lowest BCUT2D eigenvalue weighted by Gasteiger charge is -2.11. The van der Waals surface area contributed by atoms with Crippen molar-refractivity contribution < 1.29 is 0 Å². The van der Waals surface area contributed by atoms with Crippen LogP contribution in [-0.2, 0) is 12.8 Å². The maximum absolute atomic E-state index is 2.52. The molecule has 0 amide bonds. The van der Waals surface area contributed by atoms with Gasteiger partial charge in [0.2, 0.25) is 0 Å². The molecule has 0 aromatic heterocycles. The van der Waals surface area contributed by atoms with Crippen molar-refractivity contribution in [2.75, 3.05) is 0 Å². The molecule has 130 valence electrons. The second-order valence-electron chi connectivity index (χ2n) is 7.13. The van der Waals surface area contributed by atoms with Gasteiger partial charge < -0.3 is 0 Å². The van der Waals surface area contributed by atoms with E-state index in [1.165, 1.54) is 36.8 Å². The highest BCUT2D eigenvalue weighted by atomic mass is 28.2. The quantitative estimate of drug-likeness (QED) is 0.586. The van der Waals surface area contributed by atoms with Crippen LogP contribution in [0, 0.1) is 0 Å². The fourth-order valence-corrected chi connectivity index (χ4v) is 5.77. The molecule has 0 nitrogen and oxygen atoms in total. The lowest BCUT2D eigenvalue weighted by molar-refractivity contribution is 0.794. The maximum Gasteiger partial charge on any atom is 0.0874 e. The first-order valence-electron chi connectivity index (χ1n) is 9.82. The molecule has 0 spiro atoms. The Hall–Kier alpha value is -1.86. The van der Waals surface area contributed by atoms with Crippen LogP contribution in [0.1, 0.15) is 50.7 Å². The van der Waals surface area contributed by atoms with Crippen molar-refractivity contribution in [3.63, 3.8) is 0 Å². The van der Waals surface area contributed by atoms with Crippen molar-refractivity contribution in [1.82, 2.24) is 0 Å². The summed E-state index contributed by atoms with van der Waals surface area (Å²) in [5, 5.41) is 3.24. The minimum Gasteiger partial charge on any atom is -0.0812 e. The normalized spacial score (nSPS) is 14.6. The van der Waals surface area contributed by atoms with E-state index in [1.54, 1.807) is 21.5 Å². The molecule has 0 aliphatic heterocycles. The van der Waals surface area contributed by atoms with Crippen LogP contribution < -0.4 is 5.19 Å². The van der Waals surface area contributed by atoms with Crippen molar-refractivity contribution >= 4 is 14.7 Å². The van der Waals surface area contributed by atoms with Gasteiger partial charge in [0.05, 0.1) is 9.52 Å². The lowest BCUT2D eigenvalue weighted by atomic mass is 9.98. The van der Waals surface area contributed by atoms with E-state index >= 15 is 0 Å². The Labute approximate surface area is 155 Å². The number of unbranched alkanes of at least 4 members (excludes halogenated alkanes) is 1. The Morgan fingerprint density at radius 2 is 1.60 bits per heavy atom. The average Bonchev–Trinajstić information content (AvgIpc) is 3.03. The van der Waals surface area contributed by atoms with E-state index in [-0.39, 0.29) is 9.52 Å². The van der Waals surface area contributed by atoms with Gasteiger partial charge in [-0.3, -0.25) is 0 Å². The summed E-state index contributed by atoms with van der Waals surface area (Å²) in [4.78, 5) is 0. The summed E-state index contributed by atoms with van der Waals surface area (Å²) < 4.78 is 0. The van der Waals surface area contributed by atoms with E-state index in [9.17, 15) is 0 Å². The topological polar surface area (TPSA) is 0 Å². The summed E-state index contributed by atoms with van der Waals surface area (Å²) in [5.41, 5.74) is 6.27. The largest absolute Gasteiger partial charge is 0.0874 e. The number of rotatable bonds is 8. The smallest absolute Gasteiger partial charge is 0.0812 e. The molecular formula is C24H30Si. The summed E-state index contributed by atoms with van der Waals surface area (Å²) >= 11 is 0. The van der Waals surface area contributed by atoms with Crippen LogP contribution in [0.5, 0.6) is 0 Å². The molecule has 0 bridgehead atoms. The predicted molar refractivity (Wildman–Crippen MR) is 113 cm³/mol. The highest BCUT2D eigenvalue weighted by molar-refractivity contribution is 6.62.